The van der Waals surface area contributed by atoms with Crippen LogP contribution < -0.4 is 5.32 Å². The van der Waals surface area contributed by atoms with E-state index in [0.29, 0.717) is 12.0 Å². The van der Waals surface area contributed by atoms with E-state index in [9.17, 15) is 0 Å². The number of hydrogen-bond donors (Lipinski definition) is 1. The summed E-state index contributed by atoms with van der Waals surface area (Å²) in [6, 6.07) is 22.4. The van der Waals surface area contributed by atoms with Gasteiger partial charge in [0, 0.05) is 44.7 Å². The van der Waals surface area contributed by atoms with Crippen LogP contribution in [-0.2, 0) is 11.3 Å². The molecule has 0 amide bonds. The van der Waals surface area contributed by atoms with Crippen LogP contribution in [0.25, 0.3) is 0 Å². The normalized spacial score (nSPS) is 32.6. The van der Waals surface area contributed by atoms with Crippen molar-refractivity contribution in [3.63, 3.8) is 0 Å². The molecule has 1 aliphatic carbocycles. The Hall–Kier alpha value is -1.68. The molecule has 0 unspecified atom stereocenters. The topological polar surface area (TPSA) is 24.5 Å². The van der Waals surface area contributed by atoms with E-state index < -0.39 is 0 Å². The van der Waals surface area contributed by atoms with Gasteiger partial charge in [-0.2, -0.15) is 0 Å². The molecule has 148 valence electrons. The lowest BCUT2D eigenvalue weighted by Crippen LogP contribution is -2.39. The van der Waals surface area contributed by atoms with Crippen LogP contribution in [0.1, 0.15) is 36.5 Å². The number of hydrogen-bond acceptors (Lipinski definition) is 3. The Kier molecular flexibility index (Phi) is 5.48. The summed E-state index contributed by atoms with van der Waals surface area (Å²) in [5.74, 6) is 2.30. The summed E-state index contributed by atoms with van der Waals surface area (Å²) in [4.78, 5) is 2.67. The van der Waals surface area contributed by atoms with E-state index in [2.05, 4.69) is 70.9 Å². The molecule has 3 aliphatic rings. The SMILES string of the molecule is c1ccc(CN2C[C@@H]3CC[C@H](NC[C@@H]4CCO[C@H]4c4ccccc4)[C@H]3C2)cc1. The van der Waals surface area contributed by atoms with Crippen LogP contribution >= 0.6 is 0 Å². The zero-order chi connectivity index (χ0) is 18.8. The highest BCUT2D eigenvalue weighted by Crippen LogP contribution is 2.40. The van der Waals surface area contributed by atoms with E-state index in [1.54, 1.807) is 0 Å². The second-order valence-corrected chi connectivity index (χ2v) is 8.95. The van der Waals surface area contributed by atoms with Crippen molar-refractivity contribution in [1.82, 2.24) is 10.2 Å². The van der Waals surface area contributed by atoms with E-state index in [1.807, 2.05) is 0 Å². The Balaban J connectivity index is 1.16. The Bertz CT molecular complexity index is 750. The predicted octanol–water partition coefficient (Wildman–Crippen LogP) is 4.26. The van der Waals surface area contributed by atoms with Crippen molar-refractivity contribution in [2.45, 2.75) is 38.0 Å². The maximum absolute atomic E-state index is 6.09. The summed E-state index contributed by atoms with van der Waals surface area (Å²) >= 11 is 0. The monoisotopic (exact) mass is 376 g/mol. The molecule has 3 fully saturated rings. The molecule has 1 N–H and O–H groups in total. The standard InChI is InChI=1S/C25H32N2O/c1-3-7-19(8-4-1)16-27-17-22-11-12-24(23(22)18-27)26-15-21-13-14-28-25(21)20-9-5-2-6-10-20/h1-10,21-26H,11-18H2/t21-,22-,23-,24-,25-/m0/s1. The molecule has 1 saturated carbocycles. The lowest BCUT2D eigenvalue weighted by molar-refractivity contribution is 0.0893. The molecule has 28 heavy (non-hydrogen) atoms. The third-order valence-corrected chi connectivity index (χ3v) is 7.17. The second-order valence-electron chi connectivity index (χ2n) is 8.95. The van der Waals surface area contributed by atoms with Gasteiger partial charge in [-0.25, -0.2) is 0 Å². The number of fused-ring (bicyclic) bond motifs is 1. The smallest absolute Gasteiger partial charge is 0.0866 e. The Morgan fingerprint density at radius 2 is 1.68 bits per heavy atom. The lowest BCUT2D eigenvalue weighted by Gasteiger charge is -2.25. The summed E-state index contributed by atoms with van der Waals surface area (Å²) in [7, 11) is 0. The average Bonchev–Trinajstić information content (AvgIpc) is 3.44. The summed E-state index contributed by atoms with van der Waals surface area (Å²) in [6.45, 7) is 5.62. The number of benzene rings is 2. The van der Waals surface area contributed by atoms with E-state index in [-0.39, 0.29) is 6.10 Å². The van der Waals surface area contributed by atoms with Crippen LogP contribution in [0.3, 0.4) is 0 Å². The number of nitrogens with one attached hydrogen (secondary N) is 1. The number of nitrogens with zero attached hydrogens (tertiary/aromatic N) is 1. The van der Waals surface area contributed by atoms with Crippen LogP contribution in [0, 0.1) is 17.8 Å². The van der Waals surface area contributed by atoms with Gasteiger partial charge >= 0.3 is 0 Å². The van der Waals surface area contributed by atoms with Crippen molar-refractivity contribution in [3.05, 3.63) is 71.8 Å². The molecule has 0 radical (unpaired) electrons. The Morgan fingerprint density at radius 3 is 2.50 bits per heavy atom. The van der Waals surface area contributed by atoms with Crippen molar-refractivity contribution in [3.8, 4) is 0 Å². The first-order chi connectivity index (χ1) is 13.9. The van der Waals surface area contributed by atoms with Gasteiger partial charge in [0.1, 0.15) is 0 Å². The van der Waals surface area contributed by atoms with E-state index in [0.717, 1.165) is 31.5 Å². The summed E-state index contributed by atoms with van der Waals surface area (Å²) < 4.78 is 6.09. The van der Waals surface area contributed by atoms with Crippen LogP contribution in [0.4, 0.5) is 0 Å². The molecule has 2 aromatic carbocycles. The van der Waals surface area contributed by atoms with Crippen molar-refractivity contribution in [2.75, 3.05) is 26.2 Å². The minimum Gasteiger partial charge on any atom is -0.373 e. The van der Waals surface area contributed by atoms with Gasteiger partial charge in [-0.05, 0) is 42.2 Å². The minimum atomic E-state index is 0.268. The fourth-order valence-corrected chi connectivity index (χ4v) is 5.74. The quantitative estimate of drug-likeness (QED) is 0.815. The highest BCUT2D eigenvalue weighted by atomic mass is 16.5. The van der Waals surface area contributed by atoms with Gasteiger partial charge in [-0.3, -0.25) is 4.90 Å². The number of ether oxygens (including phenoxy) is 1. The third kappa shape index (κ3) is 3.89. The second kappa shape index (κ2) is 8.36. The lowest BCUT2D eigenvalue weighted by atomic mass is 9.93. The minimum absolute atomic E-state index is 0.268. The largest absolute Gasteiger partial charge is 0.373 e. The molecule has 5 rings (SSSR count). The summed E-state index contributed by atoms with van der Waals surface area (Å²) in [5, 5.41) is 3.97. The van der Waals surface area contributed by atoms with Crippen LogP contribution in [0.5, 0.6) is 0 Å². The molecule has 2 saturated heterocycles. The first kappa shape index (κ1) is 18.4. The third-order valence-electron chi connectivity index (χ3n) is 7.17. The molecule has 2 aromatic rings. The van der Waals surface area contributed by atoms with Crippen molar-refractivity contribution >= 4 is 0 Å². The fourth-order valence-electron chi connectivity index (χ4n) is 5.74. The maximum Gasteiger partial charge on any atom is 0.0866 e. The van der Waals surface area contributed by atoms with E-state index in [4.69, 9.17) is 4.74 Å². The van der Waals surface area contributed by atoms with Gasteiger partial charge in [0.2, 0.25) is 0 Å². The van der Waals surface area contributed by atoms with Crippen LogP contribution in [-0.4, -0.2) is 37.2 Å². The first-order valence-electron chi connectivity index (χ1n) is 11.0. The molecule has 2 heterocycles. The molecule has 3 nitrogen and oxygen atoms in total. The molecule has 0 bridgehead atoms. The van der Waals surface area contributed by atoms with Crippen LogP contribution in [0.15, 0.2) is 60.7 Å². The summed E-state index contributed by atoms with van der Waals surface area (Å²) in [6.07, 6.45) is 4.17. The van der Waals surface area contributed by atoms with Crippen molar-refractivity contribution < 1.29 is 4.74 Å². The molecule has 0 aromatic heterocycles. The van der Waals surface area contributed by atoms with E-state index in [1.165, 1.54) is 43.5 Å². The number of likely N-dealkylation sites (tertiary alicyclic amines) is 1. The zero-order valence-electron chi connectivity index (χ0n) is 16.7. The fraction of sp³-hybridized carbons (Fsp3) is 0.520. The average molecular weight is 377 g/mol. The molecule has 3 heteroatoms. The van der Waals surface area contributed by atoms with Gasteiger partial charge in [-0.1, -0.05) is 60.7 Å². The van der Waals surface area contributed by atoms with Gasteiger partial charge in [0.05, 0.1) is 6.10 Å². The maximum atomic E-state index is 6.09. The molecule has 0 spiro atoms. The predicted molar refractivity (Wildman–Crippen MR) is 113 cm³/mol. The van der Waals surface area contributed by atoms with Gasteiger partial charge in [-0.15, -0.1) is 0 Å². The Labute approximate surface area is 169 Å². The molecule has 2 aliphatic heterocycles. The van der Waals surface area contributed by atoms with Gasteiger partial charge in [0.15, 0.2) is 0 Å². The zero-order valence-corrected chi connectivity index (χ0v) is 16.7. The Morgan fingerprint density at radius 1 is 0.893 bits per heavy atom. The van der Waals surface area contributed by atoms with Crippen molar-refractivity contribution in [2.24, 2.45) is 17.8 Å². The molecule has 5 atom stereocenters. The van der Waals surface area contributed by atoms with Gasteiger partial charge < -0.3 is 10.1 Å². The first-order valence-corrected chi connectivity index (χ1v) is 11.0. The van der Waals surface area contributed by atoms with Crippen LogP contribution in [0.2, 0.25) is 0 Å². The summed E-state index contributed by atoms with van der Waals surface area (Å²) in [5.41, 5.74) is 2.78. The number of rotatable bonds is 6. The highest BCUT2D eigenvalue weighted by molar-refractivity contribution is 5.19. The molecular formula is C25H32N2O. The highest BCUT2D eigenvalue weighted by Gasteiger charge is 2.42. The van der Waals surface area contributed by atoms with Crippen molar-refractivity contribution in [1.29, 1.82) is 0 Å². The van der Waals surface area contributed by atoms with E-state index >= 15 is 0 Å². The molecular weight excluding hydrogens is 344 g/mol. The van der Waals surface area contributed by atoms with Gasteiger partial charge in [0.25, 0.3) is 0 Å².